The third-order valence-electron chi connectivity index (χ3n) is 3.25. The Balaban J connectivity index is 2.32. The summed E-state index contributed by atoms with van der Waals surface area (Å²) < 4.78 is 5.84. The highest BCUT2D eigenvalue weighted by Gasteiger charge is 2.12. The second kappa shape index (κ2) is 6.39. The molecule has 0 saturated heterocycles. The predicted molar refractivity (Wildman–Crippen MR) is 80.7 cm³/mol. The maximum absolute atomic E-state index is 11.3. The topological polar surface area (TPSA) is 64.3 Å². The first-order valence-corrected chi connectivity index (χ1v) is 6.74. The van der Waals surface area contributed by atoms with Crippen LogP contribution in [0, 0.1) is 0 Å². The molecule has 1 atom stereocenters. The van der Waals surface area contributed by atoms with Crippen molar-refractivity contribution in [3.8, 4) is 5.75 Å². The fourth-order valence-electron chi connectivity index (χ4n) is 2.15. The normalized spacial score (nSPS) is 12.2. The Morgan fingerprint density at radius 1 is 1.30 bits per heavy atom. The van der Waals surface area contributed by atoms with Crippen molar-refractivity contribution in [1.82, 2.24) is 5.32 Å². The number of ether oxygens (including phenoxy) is 1. The van der Waals surface area contributed by atoms with Crippen LogP contribution in [-0.2, 0) is 4.79 Å². The molecule has 0 aliphatic rings. The van der Waals surface area contributed by atoms with E-state index in [9.17, 15) is 4.79 Å². The zero-order valence-electron chi connectivity index (χ0n) is 11.8. The van der Waals surface area contributed by atoms with Gasteiger partial charge in [0, 0.05) is 24.0 Å². The van der Waals surface area contributed by atoms with Gasteiger partial charge in [0.15, 0.2) is 0 Å². The lowest BCUT2D eigenvalue weighted by atomic mass is 10.0. The van der Waals surface area contributed by atoms with Crippen molar-refractivity contribution in [2.24, 2.45) is 5.73 Å². The van der Waals surface area contributed by atoms with Gasteiger partial charge in [-0.3, -0.25) is 4.79 Å². The first kappa shape index (κ1) is 14.3. The maximum atomic E-state index is 11.3. The first-order valence-electron chi connectivity index (χ1n) is 6.74. The molecule has 20 heavy (non-hydrogen) atoms. The van der Waals surface area contributed by atoms with Crippen molar-refractivity contribution in [2.45, 2.75) is 19.4 Å². The first-order chi connectivity index (χ1) is 9.63. The van der Waals surface area contributed by atoms with Crippen LogP contribution >= 0.6 is 0 Å². The van der Waals surface area contributed by atoms with Crippen molar-refractivity contribution in [3.05, 3.63) is 42.0 Å². The number of nitrogens with one attached hydrogen (secondary N) is 1. The fourth-order valence-corrected chi connectivity index (χ4v) is 2.15. The minimum atomic E-state index is -0.116. The summed E-state index contributed by atoms with van der Waals surface area (Å²) in [5, 5.41) is 4.71. The summed E-state index contributed by atoms with van der Waals surface area (Å²) >= 11 is 0. The van der Waals surface area contributed by atoms with Gasteiger partial charge in [0.25, 0.3) is 0 Å². The molecular weight excluding hydrogens is 252 g/mol. The van der Waals surface area contributed by atoms with Crippen molar-refractivity contribution in [2.75, 3.05) is 13.7 Å². The fraction of sp³-hybridized carbons (Fsp3) is 0.312. The monoisotopic (exact) mass is 272 g/mol. The molecule has 2 rings (SSSR count). The Morgan fingerprint density at radius 2 is 2.05 bits per heavy atom. The molecule has 0 aliphatic carbocycles. The van der Waals surface area contributed by atoms with E-state index in [4.69, 9.17) is 10.5 Å². The number of fused-ring (bicyclic) bond motifs is 1. The number of hydrogen-bond acceptors (Lipinski definition) is 3. The van der Waals surface area contributed by atoms with E-state index < -0.39 is 0 Å². The highest BCUT2D eigenvalue weighted by atomic mass is 16.5. The summed E-state index contributed by atoms with van der Waals surface area (Å²) in [6.07, 6.45) is 0.331. The number of rotatable bonds is 5. The molecule has 0 unspecified atom stereocenters. The van der Waals surface area contributed by atoms with Gasteiger partial charge in [-0.05, 0) is 12.3 Å². The second-order valence-corrected chi connectivity index (χ2v) is 4.77. The SMILES string of the molecule is CNC(=O)CCOc1c([C@@H](C)N)ccc2ccccc12. The number of amides is 1. The third-order valence-corrected chi connectivity index (χ3v) is 3.25. The molecule has 0 spiro atoms. The largest absolute Gasteiger partial charge is 0.492 e. The van der Waals surface area contributed by atoms with E-state index >= 15 is 0 Å². The molecule has 4 nitrogen and oxygen atoms in total. The Morgan fingerprint density at radius 3 is 2.75 bits per heavy atom. The van der Waals surface area contributed by atoms with E-state index in [-0.39, 0.29) is 11.9 Å². The minimum Gasteiger partial charge on any atom is -0.492 e. The Bertz CT molecular complexity index is 608. The number of nitrogens with two attached hydrogens (primary N) is 1. The molecule has 3 N–H and O–H groups in total. The molecule has 0 fully saturated rings. The minimum absolute atomic E-state index is 0.0346. The maximum Gasteiger partial charge on any atom is 0.223 e. The zero-order chi connectivity index (χ0) is 14.5. The van der Waals surface area contributed by atoms with Crippen molar-refractivity contribution in [1.29, 1.82) is 0 Å². The third kappa shape index (κ3) is 3.08. The van der Waals surface area contributed by atoms with E-state index in [1.54, 1.807) is 7.05 Å². The molecule has 0 aliphatic heterocycles. The molecule has 4 heteroatoms. The smallest absolute Gasteiger partial charge is 0.223 e. The lowest BCUT2D eigenvalue weighted by molar-refractivity contribution is -0.121. The molecule has 2 aromatic rings. The van der Waals surface area contributed by atoms with Gasteiger partial charge in [0.1, 0.15) is 5.75 Å². The number of hydrogen-bond donors (Lipinski definition) is 2. The summed E-state index contributed by atoms with van der Waals surface area (Å²) in [7, 11) is 1.62. The van der Waals surface area contributed by atoms with Gasteiger partial charge in [-0.2, -0.15) is 0 Å². The number of benzene rings is 2. The van der Waals surface area contributed by atoms with Crippen LogP contribution in [0.5, 0.6) is 5.75 Å². The van der Waals surface area contributed by atoms with Gasteiger partial charge < -0.3 is 15.8 Å². The average molecular weight is 272 g/mol. The molecule has 106 valence electrons. The molecular formula is C16H20N2O2. The van der Waals surface area contributed by atoms with Crippen LogP contribution in [0.1, 0.15) is 24.9 Å². The van der Waals surface area contributed by atoms with Crippen LogP contribution in [0.3, 0.4) is 0 Å². The Hall–Kier alpha value is -2.07. The van der Waals surface area contributed by atoms with Gasteiger partial charge in [-0.1, -0.05) is 36.4 Å². The number of carbonyl (C=O) groups is 1. The van der Waals surface area contributed by atoms with E-state index in [2.05, 4.69) is 5.32 Å². The summed E-state index contributed by atoms with van der Waals surface area (Å²) in [5.74, 6) is 0.745. The lowest BCUT2D eigenvalue weighted by Crippen LogP contribution is -2.20. The van der Waals surface area contributed by atoms with Gasteiger partial charge in [0.05, 0.1) is 13.0 Å². The van der Waals surface area contributed by atoms with Crippen molar-refractivity contribution < 1.29 is 9.53 Å². The Kier molecular flexibility index (Phi) is 4.58. The highest BCUT2D eigenvalue weighted by molar-refractivity contribution is 5.89. The van der Waals surface area contributed by atoms with Gasteiger partial charge >= 0.3 is 0 Å². The van der Waals surface area contributed by atoms with Crippen LogP contribution in [0.25, 0.3) is 10.8 Å². The molecule has 0 radical (unpaired) electrons. The molecule has 0 saturated carbocycles. The summed E-state index contributed by atoms with van der Waals surface area (Å²) in [4.78, 5) is 11.3. The van der Waals surface area contributed by atoms with Gasteiger partial charge in [0.2, 0.25) is 5.91 Å². The van der Waals surface area contributed by atoms with E-state index in [0.29, 0.717) is 13.0 Å². The molecule has 0 aromatic heterocycles. The van der Waals surface area contributed by atoms with Crippen molar-refractivity contribution in [3.63, 3.8) is 0 Å². The van der Waals surface area contributed by atoms with Crippen LogP contribution in [0.2, 0.25) is 0 Å². The van der Waals surface area contributed by atoms with Gasteiger partial charge in [-0.15, -0.1) is 0 Å². The van der Waals surface area contributed by atoms with Crippen LogP contribution < -0.4 is 15.8 Å². The van der Waals surface area contributed by atoms with E-state index in [1.807, 2.05) is 43.3 Å². The second-order valence-electron chi connectivity index (χ2n) is 4.77. The quantitative estimate of drug-likeness (QED) is 0.878. The van der Waals surface area contributed by atoms with Crippen LogP contribution in [0.15, 0.2) is 36.4 Å². The highest BCUT2D eigenvalue weighted by Crippen LogP contribution is 2.32. The molecule has 0 bridgehead atoms. The zero-order valence-corrected chi connectivity index (χ0v) is 11.8. The summed E-state index contributed by atoms with van der Waals surface area (Å²) in [5.41, 5.74) is 6.96. The van der Waals surface area contributed by atoms with Crippen LogP contribution in [-0.4, -0.2) is 19.6 Å². The standard InChI is InChI=1S/C16H20N2O2/c1-11(17)13-8-7-12-5-3-4-6-14(12)16(13)20-10-9-15(19)18-2/h3-8,11H,9-10,17H2,1-2H3,(H,18,19)/t11-/m1/s1. The summed E-state index contributed by atoms with van der Waals surface area (Å²) in [6.45, 7) is 2.27. The molecule has 1 amide bonds. The number of carbonyl (C=O) groups excluding carboxylic acids is 1. The van der Waals surface area contributed by atoms with E-state index in [0.717, 1.165) is 22.1 Å². The van der Waals surface area contributed by atoms with Gasteiger partial charge in [-0.25, -0.2) is 0 Å². The molecule has 2 aromatic carbocycles. The van der Waals surface area contributed by atoms with E-state index in [1.165, 1.54) is 0 Å². The summed E-state index contributed by atoms with van der Waals surface area (Å²) in [6, 6.07) is 11.9. The Labute approximate surface area is 118 Å². The lowest BCUT2D eigenvalue weighted by Gasteiger charge is -2.16. The van der Waals surface area contributed by atoms with Crippen LogP contribution in [0.4, 0.5) is 0 Å². The average Bonchev–Trinajstić information content (AvgIpc) is 2.46. The molecule has 0 heterocycles. The van der Waals surface area contributed by atoms with Crippen molar-refractivity contribution >= 4 is 16.7 Å². The predicted octanol–water partition coefficient (Wildman–Crippen LogP) is 2.37.